The highest BCUT2D eigenvalue weighted by molar-refractivity contribution is 6.30. The fraction of sp³-hybridized carbons (Fsp3) is 0.304. The fourth-order valence-electron chi connectivity index (χ4n) is 3.47. The molecule has 0 aliphatic heterocycles. The molecule has 0 aliphatic rings. The number of aryl methyl sites for hydroxylation is 1. The maximum atomic E-state index is 12.9. The third kappa shape index (κ3) is 6.40. The van der Waals surface area contributed by atoms with Crippen LogP contribution in [0.15, 0.2) is 42.7 Å². The zero-order valence-electron chi connectivity index (χ0n) is 19.3. The highest BCUT2D eigenvalue weighted by atomic mass is 35.5. The molecule has 1 aromatic carbocycles. The number of carbonyl (C=O) groups is 1. The van der Waals surface area contributed by atoms with E-state index in [9.17, 15) is 20.0 Å². The van der Waals surface area contributed by atoms with Crippen LogP contribution in [0.5, 0.6) is 5.75 Å². The van der Waals surface area contributed by atoms with E-state index in [4.69, 9.17) is 22.1 Å². The monoisotopic (exact) mass is 502 g/mol. The van der Waals surface area contributed by atoms with E-state index in [0.717, 1.165) is 0 Å². The van der Waals surface area contributed by atoms with Crippen molar-refractivity contribution in [2.24, 2.45) is 0 Å². The molecule has 0 saturated carbocycles. The number of aliphatic hydroxyl groups excluding tert-OH is 1. The molecular weight excluding hydrogens is 476 g/mol. The zero-order valence-corrected chi connectivity index (χ0v) is 20.1. The predicted octanol–water partition coefficient (Wildman–Crippen LogP) is 3.32. The van der Waals surface area contributed by atoms with Crippen LogP contribution in [0.4, 0.5) is 17.3 Å². The molecule has 186 valence electrons. The Kier molecular flexibility index (Phi) is 8.50. The summed E-state index contributed by atoms with van der Waals surface area (Å²) in [5, 5.41) is 26.6. The first-order valence-electron chi connectivity index (χ1n) is 10.8. The van der Waals surface area contributed by atoms with Gasteiger partial charge < -0.3 is 30.8 Å². The van der Waals surface area contributed by atoms with Gasteiger partial charge in [-0.05, 0) is 37.6 Å². The Labute approximate surface area is 207 Å². The average Bonchev–Trinajstić information content (AvgIpc) is 3.25. The smallest absolute Gasteiger partial charge is 0.311 e. The van der Waals surface area contributed by atoms with Crippen LogP contribution in [-0.4, -0.2) is 51.8 Å². The Bertz CT molecular complexity index is 1220. The Morgan fingerprint density at radius 3 is 2.74 bits per heavy atom. The van der Waals surface area contributed by atoms with Crippen molar-refractivity contribution in [1.29, 1.82) is 0 Å². The van der Waals surface area contributed by atoms with Crippen LogP contribution >= 0.6 is 11.6 Å². The number of hydrogen-bond donors (Lipinski definition) is 4. The predicted molar refractivity (Wildman–Crippen MR) is 134 cm³/mol. The van der Waals surface area contributed by atoms with Crippen LogP contribution in [0.2, 0.25) is 5.02 Å². The molecule has 0 saturated heterocycles. The third-order valence-corrected chi connectivity index (χ3v) is 5.46. The molecule has 2 heterocycles. The summed E-state index contributed by atoms with van der Waals surface area (Å²) in [7, 11) is 1.53. The van der Waals surface area contributed by atoms with Crippen molar-refractivity contribution in [2.75, 3.05) is 31.3 Å². The van der Waals surface area contributed by atoms with E-state index < -0.39 is 11.0 Å². The summed E-state index contributed by atoms with van der Waals surface area (Å²) in [4.78, 5) is 27.2. The SMILES string of the molecule is COc1cc(Cl)ccc1-c1cn(CCCNc2ccc([N+](=O)[O-])c(N)n2)cc1C(=O)N[C@@H](C)CO. The van der Waals surface area contributed by atoms with Crippen LogP contribution < -0.4 is 21.1 Å². The fourth-order valence-corrected chi connectivity index (χ4v) is 3.63. The number of ether oxygens (including phenoxy) is 1. The lowest BCUT2D eigenvalue weighted by atomic mass is 10.0. The third-order valence-electron chi connectivity index (χ3n) is 5.23. The van der Waals surface area contributed by atoms with Crippen LogP contribution in [0.3, 0.4) is 0 Å². The minimum absolute atomic E-state index is 0.153. The first-order chi connectivity index (χ1) is 16.7. The Morgan fingerprint density at radius 2 is 2.09 bits per heavy atom. The van der Waals surface area contributed by atoms with E-state index in [2.05, 4.69) is 15.6 Å². The number of aromatic nitrogens is 2. The minimum Gasteiger partial charge on any atom is -0.496 e. The van der Waals surface area contributed by atoms with Crippen LogP contribution in [0.1, 0.15) is 23.7 Å². The Hall–Kier alpha value is -3.83. The van der Waals surface area contributed by atoms with E-state index >= 15 is 0 Å². The zero-order chi connectivity index (χ0) is 25.5. The van der Waals surface area contributed by atoms with E-state index in [1.54, 1.807) is 31.3 Å². The van der Waals surface area contributed by atoms with Gasteiger partial charge in [-0.1, -0.05) is 11.6 Å². The van der Waals surface area contributed by atoms with Gasteiger partial charge in [0.15, 0.2) is 0 Å². The van der Waals surface area contributed by atoms with Crippen molar-refractivity contribution in [1.82, 2.24) is 14.9 Å². The maximum absolute atomic E-state index is 12.9. The highest BCUT2D eigenvalue weighted by Gasteiger charge is 2.20. The van der Waals surface area contributed by atoms with Gasteiger partial charge in [0, 0.05) is 53.7 Å². The van der Waals surface area contributed by atoms with Gasteiger partial charge in [-0.2, -0.15) is 0 Å². The Balaban J connectivity index is 1.76. The number of benzene rings is 1. The van der Waals surface area contributed by atoms with Crippen LogP contribution in [0.25, 0.3) is 11.1 Å². The lowest BCUT2D eigenvalue weighted by Gasteiger charge is -2.12. The normalized spacial score (nSPS) is 11.7. The van der Waals surface area contributed by atoms with Gasteiger partial charge >= 0.3 is 5.69 Å². The summed E-state index contributed by atoms with van der Waals surface area (Å²) in [5.41, 5.74) is 7.20. The quantitative estimate of drug-likeness (QED) is 0.176. The number of halogens is 1. The number of nitro groups is 1. The van der Waals surface area contributed by atoms with Crippen molar-refractivity contribution in [3.8, 4) is 16.9 Å². The van der Waals surface area contributed by atoms with E-state index in [-0.39, 0.29) is 24.0 Å². The number of hydrogen-bond acceptors (Lipinski definition) is 8. The van der Waals surface area contributed by atoms with Gasteiger partial charge in [-0.25, -0.2) is 4.98 Å². The summed E-state index contributed by atoms with van der Waals surface area (Å²) >= 11 is 6.10. The van der Waals surface area contributed by atoms with Gasteiger partial charge in [0.1, 0.15) is 11.6 Å². The largest absolute Gasteiger partial charge is 0.496 e. The lowest BCUT2D eigenvalue weighted by molar-refractivity contribution is -0.384. The molecule has 2 aromatic heterocycles. The second-order valence-corrected chi connectivity index (χ2v) is 8.30. The molecule has 0 fully saturated rings. The molecule has 0 bridgehead atoms. The van der Waals surface area contributed by atoms with Gasteiger partial charge in [0.05, 0.1) is 24.2 Å². The molecule has 0 radical (unpaired) electrons. The maximum Gasteiger partial charge on any atom is 0.311 e. The summed E-state index contributed by atoms with van der Waals surface area (Å²) in [6.07, 6.45) is 4.26. The molecule has 3 rings (SSSR count). The van der Waals surface area contributed by atoms with Crippen molar-refractivity contribution in [3.05, 3.63) is 63.4 Å². The van der Waals surface area contributed by atoms with Gasteiger partial charge in [-0.3, -0.25) is 14.9 Å². The number of pyridine rings is 1. The topological polar surface area (TPSA) is 158 Å². The van der Waals surface area contributed by atoms with Crippen molar-refractivity contribution < 1.29 is 19.6 Å². The minimum atomic E-state index is -0.583. The molecular formula is C23H27ClN6O5. The highest BCUT2D eigenvalue weighted by Crippen LogP contribution is 2.35. The first-order valence-corrected chi connectivity index (χ1v) is 11.2. The van der Waals surface area contributed by atoms with Gasteiger partial charge in [0.2, 0.25) is 5.82 Å². The molecule has 1 amide bonds. The molecule has 1 atom stereocenters. The molecule has 11 nitrogen and oxygen atoms in total. The summed E-state index contributed by atoms with van der Waals surface area (Å²) in [6, 6.07) is 7.59. The number of nitrogens with two attached hydrogens (primary N) is 1. The molecule has 0 spiro atoms. The lowest BCUT2D eigenvalue weighted by Crippen LogP contribution is -2.35. The molecule has 3 aromatic rings. The average molecular weight is 503 g/mol. The molecule has 0 aliphatic carbocycles. The van der Waals surface area contributed by atoms with Crippen molar-refractivity contribution in [3.63, 3.8) is 0 Å². The standard InChI is InChI=1S/C23H27ClN6O5/c1-14(13-31)27-23(32)18-12-29(11-17(18)16-5-4-15(24)10-20(16)35-2)9-3-8-26-21-7-6-19(30(33)34)22(25)28-21/h4-7,10-12,14,31H,3,8-9,13H2,1-2H3,(H,27,32)(H3,25,26,28)/t14-/m0/s1. The summed E-state index contributed by atoms with van der Waals surface area (Å²) < 4.78 is 7.36. The second-order valence-electron chi connectivity index (χ2n) is 7.86. The summed E-state index contributed by atoms with van der Waals surface area (Å²) in [5.74, 6) is 0.494. The van der Waals surface area contributed by atoms with Crippen LogP contribution in [-0.2, 0) is 6.54 Å². The summed E-state index contributed by atoms with van der Waals surface area (Å²) in [6.45, 7) is 2.62. The van der Waals surface area contributed by atoms with E-state index in [0.29, 0.717) is 52.8 Å². The number of anilines is 2. The molecule has 5 N–H and O–H groups in total. The molecule has 12 heteroatoms. The molecule has 0 unspecified atom stereocenters. The second kappa shape index (κ2) is 11.5. The van der Waals surface area contributed by atoms with Gasteiger partial charge in [0.25, 0.3) is 5.91 Å². The number of nitrogens with one attached hydrogen (secondary N) is 2. The van der Waals surface area contributed by atoms with Gasteiger partial charge in [-0.15, -0.1) is 0 Å². The molecule has 35 heavy (non-hydrogen) atoms. The number of nitrogen functional groups attached to an aromatic ring is 1. The first kappa shape index (κ1) is 25.8. The number of rotatable bonds is 11. The number of aliphatic hydroxyl groups is 1. The number of methoxy groups -OCH3 is 1. The number of nitrogens with zero attached hydrogens (tertiary/aromatic N) is 3. The van der Waals surface area contributed by atoms with Crippen molar-refractivity contribution in [2.45, 2.75) is 25.9 Å². The van der Waals surface area contributed by atoms with Crippen LogP contribution in [0, 0.1) is 10.1 Å². The van der Waals surface area contributed by atoms with E-state index in [1.165, 1.54) is 19.2 Å². The van der Waals surface area contributed by atoms with Crippen molar-refractivity contribution >= 4 is 34.8 Å². The van der Waals surface area contributed by atoms with E-state index in [1.807, 2.05) is 10.8 Å². The Morgan fingerprint density at radius 1 is 1.31 bits per heavy atom. The number of carbonyl (C=O) groups excluding carboxylic acids is 1. The number of amides is 1.